The quantitative estimate of drug-likeness (QED) is 0.146. The van der Waals surface area contributed by atoms with Gasteiger partial charge in [0.15, 0.2) is 0 Å². The maximum atomic E-state index is 12.1. The van der Waals surface area contributed by atoms with Crippen molar-refractivity contribution in [3.05, 3.63) is 60.2 Å². The molecule has 0 saturated carbocycles. The van der Waals surface area contributed by atoms with Crippen LogP contribution in [-0.2, 0) is 4.79 Å². The topological polar surface area (TPSA) is 26.3 Å². The molecule has 2 heteroatoms. The number of hydrogen-bond donors (Lipinski definition) is 0. The number of carbonyl (C=O) groups is 1. The molecule has 0 spiro atoms. The lowest BCUT2D eigenvalue weighted by Gasteiger charge is -2.22. The number of carbonyl (C=O) groups excluding carboxylic acids is 1. The summed E-state index contributed by atoms with van der Waals surface area (Å²) in [5.41, 5.74) is 5.22. The normalized spacial score (nSPS) is 15.6. The Morgan fingerprint density at radius 3 is 1.94 bits per heavy atom. The highest BCUT2D eigenvalue weighted by atomic mass is 16.5. The summed E-state index contributed by atoms with van der Waals surface area (Å²) in [5, 5.41) is 0. The molecular weight excluding hydrogens is 428 g/mol. The van der Waals surface area contributed by atoms with Gasteiger partial charge in [0, 0.05) is 6.42 Å². The third-order valence-corrected chi connectivity index (χ3v) is 7.39. The van der Waals surface area contributed by atoms with E-state index in [2.05, 4.69) is 44.2 Å². The van der Waals surface area contributed by atoms with Crippen LogP contribution in [0.1, 0.15) is 116 Å². The van der Waals surface area contributed by atoms with E-state index in [1.165, 1.54) is 93.7 Å². The van der Waals surface area contributed by atoms with Crippen molar-refractivity contribution in [3.8, 4) is 16.9 Å². The van der Waals surface area contributed by atoms with Crippen molar-refractivity contribution in [1.82, 2.24) is 0 Å². The Bertz CT molecular complexity index is 892. The molecule has 2 aromatic carbocycles. The molecule has 0 heterocycles. The summed E-state index contributed by atoms with van der Waals surface area (Å²) in [6.45, 7) is 4.50. The van der Waals surface area contributed by atoms with E-state index in [1.54, 1.807) is 0 Å². The summed E-state index contributed by atoms with van der Waals surface area (Å²) in [5.74, 6) is 1.40. The van der Waals surface area contributed by atoms with Gasteiger partial charge in [0.1, 0.15) is 5.75 Å². The Hall–Kier alpha value is -2.35. The molecule has 1 aliphatic carbocycles. The number of esters is 1. The second-order valence-corrected chi connectivity index (χ2v) is 10.3. The highest BCUT2D eigenvalue weighted by molar-refractivity contribution is 5.74. The van der Waals surface area contributed by atoms with E-state index in [0.29, 0.717) is 12.2 Å². The first kappa shape index (κ1) is 27.2. The lowest BCUT2D eigenvalue weighted by molar-refractivity contribution is -0.134. The van der Waals surface area contributed by atoms with E-state index in [-0.39, 0.29) is 5.97 Å². The van der Waals surface area contributed by atoms with Crippen molar-refractivity contribution in [2.45, 2.75) is 110 Å². The first-order chi connectivity index (χ1) is 17.2. The van der Waals surface area contributed by atoms with Gasteiger partial charge < -0.3 is 4.74 Å². The minimum absolute atomic E-state index is 0.124. The van der Waals surface area contributed by atoms with Gasteiger partial charge in [-0.05, 0) is 66.0 Å². The Balaban J connectivity index is 1.44. The third kappa shape index (κ3) is 9.67. The molecule has 0 amide bonds. The van der Waals surface area contributed by atoms with Crippen molar-refractivity contribution in [2.75, 3.05) is 0 Å². The van der Waals surface area contributed by atoms with Gasteiger partial charge in [-0.1, -0.05) is 121 Å². The van der Waals surface area contributed by atoms with Crippen molar-refractivity contribution in [1.29, 1.82) is 0 Å². The summed E-state index contributed by atoms with van der Waals surface area (Å²) in [6.07, 6.45) is 20.7. The van der Waals surface area contributed by atoms with Gasteiger partial charge in [-0.25, -0.2) is 0 Å². The zero-order valence-corrected chi connectivity index (χ0v) is 22.2. The molecular formula is C33H46O2. The molecule has 0 N–H and O–H groups in total. The van der Waals surface area contributed by atoms with Crippen LogP contribution in [0.5, 0.6) is 5.75 Å². The average Bonchev–Trinajstić information content (AvgIpc) is 2.90. The van der Waals surface area contributed by atoms with Gasteiger partial charge in [0.05, 0.1) is 0 Å². The molecule has 1 unspecified atom stereocenters. The number of rotatable bonds is 15. The van der Waals surface area contributed by atoms with Gasteiger partial charge in [0.25, 0.3) is 0 Å². The van der Waals surface area contributed by atoms with Crippen LogP contribution in [0.15, 0.2) is 54.6 Å². The zero-order chi connectivity index (χ0) is 24.7. The molecule has 0 aromatic heterocycles. The SMILES string of the molecule is CCCCCCCCC(=O)Oc1ccc(-c2ccc(C3=CCC(CCCCCC)CC3)cc2)cc1. The number of benzene rings is 2. The molecule has 1 aliphatic rings. The largest absolute Gasteiger partial charge is 0.427 e. The van der Waals surface area contributed by atoms with Gasteiger partial charge in [-0.3, -0.25) is 4.79 Å². The first-order valence-corrected chi connectivity index (χ1v) is 14.3. The fourth-order valence-electron chi connectivity index (χ4n) is 5.10. The maximum Gasteiger partial charge on any atom is 0.311 e. The summed E-state index contributed by atoms with van der Waals surface area (Å²) < 4.78 is 5.53. The highest BCUT2D eigenvalue weighted by Crippen LogP contribution is 2.34. The monoisotopic (exact) mass is 474 g/mol. The summed E-state index contributed by atoms with van der Waals surface area (Å²) in [6, 6.07) is 16.9. The second-order valence-electron chi connectivity index (χ2n) is 10.3. The second kappa shape index (κ2) is 15.6. The lowest BCUT2D eigenvalue weighted by Crippen LogP contribution is -2.07. The Labute approximate surface area is 214 Å². The number of allylic oxidation sites excluding steroid dienone is 2. The third-order valence-electron chi connectivity index (χ3n) is 7.39. The number of hydrogen-bond acceptors (Lipinski definition) is 2. The number of unbranched alkanes of at least 4 members (excludes halogenated alkanes) is 8. The van der Waals surface area contributed by atoms with Gasteiger partial charge in [-0.15, -0.1) is 0 Å². The van der Waals surface area contributed by atoms with Crippen LogP contribution in [0.25, 0.3) is 16.7 Å². The van der Waals surface area contributed by atoms with Crippen molar-refractivity contribution < 1.29 is 9.53 Å². The minimum Gasteiger partial charge on any atom is -0.427 e. The molecule has 0 fully saturated rings. The van der Waals surface area contributed by atoms with Crippen molar-refractivity contribution in [3.63, 3.8) is 0 Å². The minimum atomic E-state index is -0.124. The molecule has 0 bridgehead atoms. The Morgan fingerprint density at radius 1 is 0.743 bits per heavy atom. The lowest BCUT2D eigenvalue weighted by atomic mass is 9.83. The summed E-state index contributed by atoms with van der Waals surface area (Å²) >= 11 is 0. The average molecular weight is 475 g/mol. The molecule has 0 aliphatic heterocycles. The molecule has 0 saturated heterocycles. The summed E-state index contributed by atoms with van der Waals surface area (Å²) in [7, 11) is 0. The van der Waals surface area contributed by atoms with Crippen LogP contribution in [-0.4, -0.2) is 5.97 Å². The molecule has 3 rings (SSSR count). The maximum absolute atomic E-state index is 12.1. The van der Waals surface area contributed by atoms with Crippen LogP contribution < -0.4 is 4.74 Å². The van der Waals surface area contributed by atoms with Crippen LogP contribution in [0.3, 0.4) is 0 Å². The fraction of sp³-hybridized carbons (Fsp3) is 0.545. The van der Waals surface area contributed by atoms with E-state index < -0.39 is 0 Å². The zero-order valence-electron chi connectivity index (χ0n) is 22.2. The number of ether oxygens (including phenoxy) is 1. The highest BCUT2D eigenvalue weighted by Gasteiger charge is 2.15. The van der Waals surface area contributed by atoms with Crippen molar-refractivity contribution >= 4 is 11.5 Å². The smallest absolute Gasteiger partial charge is 0.311 e. The van der Waals surface area contributed by atoms with E-state index in [1.807, 2.05) is 24.3 Å². The molecule has 0 radical (unpaired) electrons. The Kier molecular flexibility index (Phi) is 12.1. The van der Waals surface area contributed by atoms with Crippen LogP contribution >= 0.6 is 0 Å². The van der Waals surface area contributed by atoms with Gasteiger partial charge in [0.2, 0.25) is 0 Å². The van der Waals surface area contributed by atoms with E-state index in [9.17, 15) is 4.79 Å². The molecule has 1 atom stereocenters. The molecule has 2 aromatic rings. The van der Waals surface area contributed by atoms with E-state index >= 15 is 0 Å². The van der Waals surface area contributed by atoms with Crippen molar-refractivity contribution in [2.24, 2.45) is 5.92 Å². The Morgan fingerprint density at radius 2 is 1.31 bits per heavy atom. The fourth-order valence-corrected chi connectivity index (χ4v) is 5.10. The van der Waals surface area contributed by atoms with Gasteiger partial charge >= 0.3 is 5.97 Å². The van der Waals surface area contributed by atoms with Crippen LogP contribution in [0.2, 0.25) is 0 Å². The first-order valence-electron chi connectivity index (χ1n) is 14.3. The van der Waals surface area contributed by atoms with Gasteiger partial charge in [-0.2, -0.15) is 0 Å². The van der Waals surface area contributed by atoms with Crippen LogP contribution in [0, 0.1) is 5.92 Å². The van der Waals surface area contributed by atoms with Crippen LogP contribution in [0.4, 0.5) is 0 Å². The van der Waals surface area contributed by atoms with E-state index in [4.69, 9.17) is 4.74 Å². The molecule has 35 heavy (non-hydrogen) atoms. The predicted octanol–water partition coefficient (Wildman–Crippen LogP) is 10.2. The predicted molar refractivity (Wildman–Crippen MR) is 150 cm³/mol. The van der Waals surface area contributed by atoms with E-state index in [0.717, 1.165) is 24.3 Å². The summed E-state index contributed by atoms with van der Waals surface area (Å²) in [4.78, 5) is 12.1. The molecule has 190 valence electrons. The standard InChI is InChI=1S/C33H46O2/c1-3-5-7-9-10-12-14-33(34)35-32-25-23-31(24-26-32)30-21-19-29(20-22-30)28-17-15-27(16-18-28)13-11-8-6-4-2/h17,19-27H,3-16,18H2,1-2H3. The molecule has 2 nitrogen and oxygen atoms in total.